The van der Waals surface area contributed by atoms with Crippen molar-refractivity contribution in [2.24, 2.45) is 5.92 Å². The van der Waals surface area contributed by atoms with Crippen LogP contribution in [0.4, 0.5) is 4.39 Å². The average Bonchev–Trinajstić information content (AvgIpc) is 2.66. The molecular weight excluding hydrogens is 271 g/mol. The molecule has 1 heterocycles. The quantitative estimate of drug-likeness (QED) is 0.857. The summed E-state index contributed by atoms with van der Waals surface area (Å²) in [5.41, 5.74) is 0.567. The Morgan fingerprint density at radius 3 is 2.84 bits per heavy atom. The molecule has 1 fully saturated rings. The van der Waals surface area contributed by atoms with Gasteiger partial charge in [-0.2, -0.15) is 0 Å². The molecule has 0 saturated carbocycles. The molecule has 0 radical (unpaired) electrons. The molecule has 0 bridgehead atoms. The third-order valence-electron chi connectivity index (χ3n) is 3.13. The van der Waals surface area contributed by atoms with Gasteiger partial charge >= 0.3 is 0 Å². The minimum atomic E-state index is -0.631. The van der Waals surface area contributed by atoms with Crippen LogP contribution in [0, 0.1) is 11.7 Å². The van der Waals surface area contributed by atoms with E-state index in [9.17, 15) is 14.0 Å². The monoisotopic (exact) mass is 284 g/mol. The van der Waals surface area contributed by atoms with Crippen LogP contribution in [0.15, 0.2) is 18.2 Å². The van der Waals surface area contributed by atoms with Crippen LogP contribution < -0.4 is 5.32 Å². The Bertz CT molecular complexity index is 501. The summed E-state index contributed by atoms with van der Waals surface area (Å²) < 4.78 is 13.1. The van der Waals surface area contributed by atoms with Crippen molar-refractivity contribution in [2.75, 3.05) is 13.6 Å². The first-order chi connectivity index (χ1) is 8.97. The van der Waals surface area contributed by atoms with Gasteiger partial charge in [-0.15, -0.1) is 0 Å². The lowest BCUT2D eigenvalue weighted by Gasteiger charge is -2.11. The minimum absolute atomic E-state index is 0.157. The zero-order valence-electron chi connectivity index (χ0n) is 10.5. The zero-order valence-corrected chi connectivity index (χ0v) is 11.2. The summed E-state index contributed by atoms with van der Waals surface area (Å²) in [7, 11) is 1.67. The standard InChI is InChI=1S/C13H14ClFN2O2/c1-17-3-2-11(13(17)19)12(18)16-7-8-4-9(14)6-10(15)5-8/h4-6,11H,2-3,7H2,1H3,(H,16,18). The number of halogens is 2. The maximum Gasteiger partial charge on any atom is 0.234 e. The molecule has 0 aromatic heterocycles. The van der Waals surface area contributed by atoms with Crippen LogP contribution >= 0.6 is 11.6 Å². The van der Waals surface area contributed by atoms with Crippen molar-refractivity contribution in [1.82, 2.24) is 10.2 Å². The van der Waals surface area contributed by atoms with Gasteiger partial charge in [0.25, 0.3) is 0 Å². The van der Waals surface area contributed by atoms with Crippen molar-refractivity contribution in [3.63, 3.8) is 0 Å². The number of carbonyl (C=O) groups excluding carboxylic acids is 2. The van der Waals surface area contributed by atoms with E-state index in [-0.39, 0.29) is 23.4 Å². The topological polar surface area (TPSA) is 49.4 Å². The molecular formula is C13H14ClFN2O2. The van der Waals surface area contributed by atoms with E-state index in [2.05, 4.69) is 5.32 Å². The number of hydrogen-bond acceptors (Lipinski definition) is 2. The number of rotatable bonds is 3. The summed E-state index contributed by atoms with van der Waals surface area (Å²) >= 11 is 5.72. The molecule has 0 aliphatic carbocycles. The molecule has 19 heavy (non-hydrogen) atoms. The van der Waals surface area contributed by atoms with Gasteiger partial charge in [0.1, 0.15) is 11.7 Å². The van der Waals surface area contributed by atoms with Crippen molar-refractivity contribution in [2.45, 2.75) is 13.0 Å². The normalized spacial score (nSPS) is 18.8. The molecule has 0 spiro atoms. The van der Waals surface area contributed by atoms with Crippen molar-refractivity contribution in [3.8, 4) is 0 Å². The van der Waals surface area contributed by atoms with Crippen molar-refractivity contribution in [1.29, 1.82) is 0 Å². The second kappa shape index (κ2) is 5.57. The number of likely N-dealkylation sites (tertiary alicyclic amines) is 1. The largest absolute Gasteiger partial charge is 0.351 e. The van der Waals surface area contributed by atoms with Gasteiger partial charge in [0.2, 0.25) is 11.8 Å². The summed E-state index contributed by atoms with van der Waals surface area (Å²) in [6.45, 7) is 0.743. The first-order valence-electron chi connectivity index (χ1n) is 5.95. The van der Waals surface area contributed by atoms with E-state index < -0.39 is 11.7 Å². The molecule has 1 N–H and O–H groups in total. The van der Waals surface area contributed by atoms with Gasteiger partial charge in [0.15, 0.2) is 0 Å². The lowest BCUT2D eigenvalue weighted by atomic mass is 10.1. The van der Waals surface area contributed by atoms with Crippen LogP contribution in [0.25, 0.3) is 0 Å². The van der Waals surface area contributed by atoms with E-state index in [0.717, 1.165) is 0 Å². The van der Waals surface area contributed by atoms with Gasteiger partial charge < -0.3 is 10.2 Å². The van der Waals surface area contributed by atoms with Gasteiger partial charge in [0.05, 0.1) is 0 Å². The fraction of sp³-hybridized carbons (Fsp3) is 0.385. The Hall–Kier alpha value is -1.62. The predicted octanol–water partition coefficient (Wildman–Crippen LogP) is 1.57. The summed E-state index contributed by atoms with van der Waals surface area (Å²) in [5, 5.41) is 2.91. The fourth-order valence-corrected chi connectivity index (χ4v) is 2.34. The molecule has 1 aliphatic heterocycles. The third kappa shape index (κ3) is 3.23. The van der Waals surface area contributed by atoms with Crippen LogP contribution in [0.5, 0.6) is 0 Å². The Balaban J connectivity index is 1.95. The molecule has 2 amide bonds. The van der Waals surface area contributed by atoms with Gasteiger partial charge in [-0.05, 0) is 30.2 Å². The molecule has 6 heteroatoms. The summed E-state index contributed by atoms with van der Waals surface area (Å²) in [4.78, 5) is 25.0. The minimum Gasteiger partial charge on any atom is -0.351 e. The van der Waals surface area contributed by atoms with Gasteiger partial charge in [-0.1, -0.05) is 11.6 Å². The van der Waals surface area contributed by atoms with E-state index in [1.807, 2.05) is 0 Å². The number of hydrogen-bond donors (Lipinski definition) is 1. The first-order valence-corrected chi connectivity index (χ1v) is 6.33. The Labute approximate surface area is 115 Å². The zero-order chi connectivity index (χ0) is 14.0. The van der Waals surface area contributed by atoms with Gasteiger partial charge in [-0.3, -0.25) is 9.59 Å². The SMILES string of the molecule is CN1CCC(C(=O)NCc2cc(F)cc(Cl)c2)C1=O. The predicted molar refractivity (Wildman–Crippen MR) is 69.0 cm³/mol. The lowest BCUT2D eigenvalue weighted by molar-refractivity contribution is -0.137. The Morgan fingerprint density at radius 2 is 2.26 bits per heavy atom. The Morgan fingerprint density at radius 1 is 1.53 bits per heavy atom. The third-order valence-corrected chi connectivity index (χ3v) is 3.35. The average molecular weight is 285 g/mol. The molecule has 1 unspecified atom stereocenters. The second-order valence-electron chi connectivity index (χ2n) is 4.60. The van der Waals surface area contributed by atoms with Crippen LogP contribution in [0.1, 0.15) is 12.0 Å². The highest BCUT2D eigenvalue weighted by molar-refractivity contribution is 6.30. The molecule has 1 aromatic carbocycles. The van der Waals surface area contributed by atoms with Crippen molar-refractivity contribution < 1.29 is 14.0 Å². The molecule has 1 saturated heterocycles. The van der Waals surface area contributed by atoms with E-state index >= 15 is 0 Å². The summed E-state index contributed by atoms with van der Waals surface area (Å²) in [6, 6.07) is 4.07. The Kier molecular flexibility index (Phi) is 4.04. The first kappa shape index (κ1) is 13.8. The highest BCUT2D eigenvalue weighted by Crippen LogP contribution is 2.17. The highest BCUT2D eigenvalue weighted by atomic mass is 35.5. The molecule has 1 atom stereocenters. The summed E-state index contributed by atoms with van der Waals surface area (Å²) in [5.74, 6) is -1.58. The number of nitrogens with one attached hydrogen (secondary N) is 1. The number of nitrogens with zero attached hydrogens (tertiary/aromatic N) is 1. The van der Waals surface area contributed by atoms with Crippen LogP contribution in [-0.4, -0.2) is 30.3 Å². The molecule has 4 nitrogen and oxygen atoms in total. The van der Waals surface area contributed by atoms with Gasteiger partial charge in [-0.25, -0.2) is 4.39 Å². The van der Waals surface area contributed by atoms with Crippen molar-refractivity contribution in [3.05, 3.63) is 34.6 Å². The number of carbonyl (C=O) groups is 2. The molecule has 1 aromatic rings. The van der Waals surface area contributed by atoms with Crippen molar-refractivity contribution >= 4 is 23.4 Å². The van der Waals surface area contributed by atoms with Crippen LogP contribution in [-0.2, 0) is 16.1 Å². The van der Waals surface area contributed by atoms with E-state index in [4.69, 9.17) is 11.6 Å². The van der Waals surface area contributed by atoms with E-state index in [1.54, 1.807) is 13.1 Å². The van der Waals surface area contributed by atoms with E-state index in [0.29, 0.717) is 18.5 Å². The molecule has 102 valence electrons. The molecule has 1 aliphatic rings. The fourth-order valence-electron chi connectivity index (χ4n) is 2.09. The highest BCUT2D eigenvalue weighted by Gasteiger charge is 2.34. The maximum atomic E-state index is 13.1. The van der Waals surface area contributed by atoms with E-state index in [1.165, 1.54) is 17.0 Å². The van der Waals surface area contributed by atoms with Crippen LogP contribution in [0.3, 0.4) is 0 Å². The lowest BCUT2D eigenvalue weighted by Crippen LogP contribution is -2.35. The second-order valence-corrected chi connectivity index (χ2v) is 5.03. The molecule has 2 rings (SSSR count). The van der Waals surface area contributed by atoms with Crippen LogP contribution in [0.2, 0.25) is 5.02 Å². The summed E-state index contributed by atoms with van der Waals surface area (Å²) in [6.07, 6.45) is 0.519. The maximum absolute atomic E-state index is 13.1. The smallest absolute Gasteiger partial charge is 0.234 e. The number of benzene rings is 1. The number of amides is 2. The van der Waals surface area contributed by atoms with Gasteiger partial charge in [0, 0.05) is 25.2 Å².